The summed E-state index contributed by atoms with van der Waals surface area (Å²) in [4.78, 5) is 0. The van der Waals surface area contributed by atoms with E-state index >= 15 is 0 Å². The van der Waals surface area contributed by atoms with Crippen molar-refractivity contribution in [3.05, 3.63) is 34.1 Å². The molecule has 1 rings (SSSR count). The Hall–Kier alpha value is -0.410. The summed E-state index contributed by atoms with van der Waals surface area (Å²) in [6.45, 7) is 4.10. The minimum absolute atomic E-state index is 0.228. The van der Waals surface area contributed by atoms with E-state index in [0.29, 0.717) is 4.47 Å². The second-order valence-corrected chi connectivity index (χ2v) is 4.54. The number of hydrogen-bond donors (Lipinski definition) is 1. The van der Waals surface area contributed by atoms with Crippen molar-refractivity contribution in [3.8, 4) is 0 Å². The Morgan fingerprint density at radius 2 is 1.93 bits per heavy atom. The van der Waals surface area contributed by atoms with Gasteiger partial charge in [-0.3, -0.25) is 0 Å². The van der Waals surface area contributed by atoms with Crippen LogP contribution in [-0.4, -0.2) is 5.11 Å². The van der Waals surface area contributed by atoms with E-state index in [4.69, 9.17) is 0 Å². The number of aliphatic hydroxyl groups is 1. The van der Waals surface area contributed by atoms with E-state index in [1.807, 2.05) is 0 Å². The summed E-state index contributed by atoms with van der Waals surface area (Å²) in [5.74, 6) is -0.0610. The van der Waals surface area contributed by atoms with Crippen molar-refractivity contribution >= 4 is 15.9 Å². The maximum absolute atomic E-state index is 12.9. The monoisotopic (exact) mass is 274 g/mol. The first-order chi connectivity index (χ1) is 7.10. The largest absolute Gasteiger partial charge is 0.388 e. The van der Waals surface area contributed by atoms with Crippen LogP contribution in [0.15, 0.2) is 22.7 Å². The summed E-state index contributed by atoms with van der Waals surface area (Å²) in [5.41, 5.74) is 0.769. The van der Waals surface area contributed by atoms with Crippen LogP contribution in [-0.2, 0) is 0 Å². The Kier molecular flexibility index (Phi) is 4.74. The van der Waals surface area contributed by atoms with E-state index in [-0.39, 0.29) is 11.7 Å². The molecule has 84 valence electrons. The van der Waals surface area contributed by atoms with Crippen LogP contribution in [0.1, 0.15) is 38.4 Å². The van der Waals surface area contributed by atoms with Crippen LogP contribution in [0.25, 0.3) is 0 Å². The first-order valence-electron chi connectivity index (χ1n) is 5.23. The maximum atomic E-state index is 12.9. The standard InChI is InChI=1S/C12H16BrFO/c1-3-8(4-2)12(15)10-6-5-9(14)7-11(10)13/h5-8,12,15H,3-4H2,1-2H3. The van der Waals surface area contributed by atoms with Gasteiger partial charge in [-0.05, 0) is 23.6 Å². The van der Waals surface area contributed by atoms with E-state index in [1.165, 1.54) is 12.1 Å². The third-order valence-electron chi connectivity index (χ3n) is 2.78. The fraction of sp³-hybridized carbons (Fsp3) is 0.500. The van der Waals surface area contributed by atoms with Crippen LogP contribution in [0.4, 0.5) is 4.39 Å². The van der Waals surface area contributed by atoms with Crippen molar-refractivity contribution in [2.24, 2.45) is 5.92 Å². The highest BCUT2D eigenvalue weighted by atomic mass is 79.9. The molecule has 1 atom stereocenters. The number of hydrogen-bond acceptors (Lipinski definition) is 1. The van der Waals surface area contributed by atoms with Gasteiger partial charge in [0.2, 0.25) is 0 Å². The van der Waals surface area contributed by atoms with E-state index in [2.05, 4.69) is 29.8 Å². The van der Waals surface area contributed by atoms with Gasteiger partial charge in [-0.1, -0.05) is 48.7 Å². The number of aliphatic hydroxyl groups excluding tert-OH is 1. The summed E-state index contributed by atoms with van der Waals surface area (Å²) >= 11 is 3.27. The molecule has 15 heavy (non-hydrogen) atoms. The van der Waals surface area contributed by atoms with E-state index in [9.17, 15) is 9.50 Å². The van der Waals surface area contributed by atoms with Crippen molar-refractivity contribution in [1.82, 2.24) is 0 Å². The lowest BCUT2D eigenvalue weighted by atomic mass is 9.91. The lowest BCUT2D eigenvalue weighted by Gasteiger charge is -2.21. The maximum Gasteiger partial charge on any atom is 0.124 e. The van der Waals surface area contributed by atoms with Crippen LogP contribution in [0, 0.1) is 11.7 Å². The predicted molar refractivity (Wildman–Crippen MR) is 63.1 cm³/mol. The van der Waals surface area contributed by atoms with Crippen molar-refractivity contribution in [1.29, 1.82) is 0 Å². The van der Waals surface area contributed by atoms with Gasteiger partial charge in [-0.2, -0.15) is 0 Å². The highest BCUT2D eigenvalue weighted by Gasteiger charge is 2.19. The van der Waals surface area contributed by atoms with E-state index in [1.54, 1.807) is 6.07 Å². The van der Waals surface area contributed by atoms with Crippen molar-refractivity contribution in [2.45, 2.75) is 32.8 Å². The Bertz CT molecular complexity index is 323. The molecule has 0 aromatic heterocycles. The Labute approximate surface area is 98.4 Å². The summed E-state index contributed by atoms with van der Waals surface area (Å²) in [5, 5.41) is 10.1. The molecule has 1 unspecified atom stereocenters. The molecule has 1 aromatic carbocycles. The molecule has 0 saturated carbocycles. The average Bonchev–Trinajstić information content (AvgIpc) is 2.19. The third-order valence-corrected chi connectivity index (χ3v) is 3.46. The Morgan fingerprint density at radius 3 is 2.40 bits per heavy atom. The average molecular weight is 275 g/mol. The molecule has 0 radical (unpaired) electrons. The van der Waals surface area contributed by atoms with E-state index in [0.717, 1.165) is 18.4 Å². The molecule has 1 N–H and O–H groups in total. The van der Waals surface area contributed by atoms with E-state index < -0.39 is 6.10 Å². The lowest BCUT2D eigenvalue weighted by Crippen LogP contribution is -2.11. The number of rotatable bonds is 4. The SMILES string of the molecule is CCC(CC)C(O)c1ccc(F)cc1Br. The zero-order valence-corrected chi connectivity index (χ0v) is 10.6. The van der Waals surface area contributed by atoms with Crippen LogP contribution in [0.3, 0.4) is 0 Å². The molecule has 0 aliphatic heterocycles. The van der Waals surface area contributed by atoms with Gasteiger partial charge in [0.15, 0.2) is 0 Å². The summed E-state index contributed by atoms with van der Waals surface area (Å²) < 4.78 is 13.5. The molecular formula is C12H16BrFO. The molecule has 0 spiro atoms. The van der Waals surface area contributed by atoms with Gasteiger partial charge >= 0.3 is 0 Å². The molecule has 0 saturated heterocycles. The van der Waals surface area contributed by atoms with Gasteiger partial charge in [0.05, 0.1) is 6.10 Å². The van der Waals surface area contributed by atoms with Gasteiger partial charge in [-0.25, -0.2) is 4.39 Å². The Balaban J connectivity index is 2.94. The molecular weight excluding hydrogens is 259 g/mol. The van der Waals surface area contributed by atoms with Crippen molar-refractivity contribution < 1.29 is 9.50 Å². The molecule has 0 amide bonds. The minimum atomic E-state index is -0.519. The number of benzene rings is 1. The summed E-state index contributed by atoms with van der Waals surface area (Å²) in [6, 6.07) is 4.41. The fourth-order valence-electron chi connectivity index (χ4n) is 1.73. The minimum Gasteiger partial charge on any atom is -0.388 e. The zero-order chi connectivity index (χ0) is 11.4. The topological polar surface area (TPSA) is 20.2 Å². The normalized spacial score (nSPS) is 13.2. The van der Waals surface area contributed by atoms with Crippen molar-refractivity contribution in [2.75, 3.05) is 0 Å². The van der Waals surface area contributed by atoms with Gasteiger partial charge < -0.3 is 5.11 Å². The Morgan fingerprint density at radius 1 is 1.33 bits per heavy atom. The van der Waals surface area contributed by atoms with Crippen LogP contribution >= 0.6 is 15.9 Å². The molecule has 3 heteroatoms. The predicted octanol–water partition coefficient (Wildman–Crippen LogP) is 4.06. The molecule has 0 aliphatic rings. The second-order valence-electron chi connectivity index (χ2n) is 3.69. The molecule has 1 nitrogen and oxygen atoms in total. The second kappa shape index (κ2) is 5.61. The van der Waals surface area contributed by atoms with Crippen LogP contribution < -0.4 is 0 Å². The van der Waals surface area contributed by atoms with Gasteiger partial charge in [0.1, 0.15) is 5.82 Å². The van der Waals surface area contributed by atoms with Crippen molar-refractivity contribution in [3.63, 3.8) is 0 Å². The molecule has 0 bridgehead atoms. The molecule has 1 aromatic rings. The molecule has 0 aliphatic carbocycles. The highest BCUT2D eigenvalue weighted by molar-refractivity contribution is 9.10. The van der Waals surface area contributed by atoms with Gasteiger partial charge in [0, 0.05) is 4.47 Å². The first-order valence-corrected chi connectivity index (χ1v) is 6.02. The van der Waals surface area contributed by atoms with Crippen LogP contribution in [0.5, 0.6) is 0 Å². The highest BCUT2D eigenvalue weighted by Crippen LogP contribution is 2.32. The lowest BCUT2D eigenvalue weighted by molar-refractivity contribution is 0.102. The smallest absolute Gasteiger partial charge is 0.124 e. The summed E-state index contributed by atoms with van der Waals surface area (Å²) in [6.07, 6.45) is 1.32. The number of halogens is 2. The van der Waals surface area contributed by atoms with Gasteiger partial charge in [0.25, 0.3) is 0 Å². The molecule has 0 heterocycles. The quantitative estimate of drug-likeness (QED) is 0.878. The third kappa shape index (κ3) is 3.02. The van der Waals surface area contributed by atoms with Crippen LogP contribution in [0.2, 0.25) is 0 Å². The molecule has 0 fully saturated rings. The van der Waals surface area contributed by atoms with Gasteiger partial charge in [-0.15, -0.1) is 0 Å². The fourth-order valence-corrected chi connectivity index (χ4v) is 2.32. The zero-order valence-electron chi connectivity index (χ0n) is 9.00. The summed E-state index contributed by atoms with van der Waals surface area (Å²) in [7, 11) is 0. The first kappa shape index (κ1) is 12.7.